The molecule has 0 fully saturated rings. The van der Waals surface area contributed by atoms with E-state index < -0.39 is 10.0 Å². The predicted octanol–water partition coefficient (Wildman–Crippen LogP) is 1.17. The molecule has 0 aromatic heterocycles. The van der Waals surface area contributed by atoms with Crippen LogP contribution in [0.15, 0.2) is 30.3 Å². The molecule has 120 valence electrons. The summed E-state index contributed by atoms with van der Waals surface area (Å²) >= 11 is 0. The van der Waals surface area contributed by atoms with Crippen molar-refractivity contribution < 1.29 is 8.42 Å². The number of nitrogens with one attached hydrogen (secondary N) is 1. The summed E-state index contributed by atoms with van der Waals surface area (Å²) in [7, 11) is -1.09. The average molecular weight is 313 g/mol. The topological polar surface area (TPSA) is 75.4 Å². The molecule has 0 aliphatic heterocycles. The standard InChI is InChI=1S/C15H27N3O2S/c1-18(14-15-8-3-2-4-9-15)12-7-11-17-21(19,20)13-6-5-10-16/h2-4,8-9,17H,5-7,10-14,16H2,1H3. The molecule has 1 aromatic carbocycles. The Morgan fingerprint density at radius 3 is 2.52 bits per heavy atom. The van der Waals surface area contributed by atoms with E-state index in [2.05, 4.69) is 21.8 Å². The van der Waals surface area contributed by atoms with E-state index in [1.54, 1.807) is 0 Å². The molecule has 5 nitrogen and oxygen atoms in total. The number of benzene rings is 1. The maximum Gasteiger partial charge on any atom is 0.211 e. The molecule has 0 aliphatic rings. The van der Waals surface area contributed by atoms with Gasteiger partial charge in [0.1, 0.15) is 0 Å². The fraction of sp³-hybridized carbons (Fsp3) is 0.600. The van der Waals surface area contributed by atoms with Gasteiger partial charge in [-0.3, -0.25) is 0 Å². The third kappa shape index (κ3) is 8.83. The van der Waals surface area contributed by atoms with Crippen molar-refractivity contribution in [3.05, 3.63) is 35.9 Å². The van der Waals surface area contributed by atoms with Crippen molar-refractivity contribution in [3.8, 4) is 0 Å². The number of rotatable bonds is 11. The van der Waals surface area contributed by atoms with Crippen LogP contribution in [0.4, 0.5) is 0 Å². The summed E-state index contributed by atoms with van der Waals surface area (Å²) in [5, 5.41) is 0. The lowest BCUT2D eigenvalue weighted by molar-refractivity contribution is 0.322. The van der Waals surface area contributed by atoms with Gasteiger partial charge in [-0.1, -0.05) is 30.3 Å². The highest BCUT2D eigenvalue weighted by atomic mass is 32.2. The quantitative estimate of drug-likeness (QED) is 0.601. The van der Waals surface area contributed by atoms with Gasteiger partial charge in [0, 0.05) is 13.1 Å². The fourth-order valence-electron chi connectivity index (χ4n) is 2.06. The van der Waals surface area contributed by atoms with Crippen molar-refractivity contribution in [2.75, 3.05) is 32.4 Å². The normalized spacial score (nSPS) is 12.0. The molecular formula is C15H27N3O2S. The minimum Gasteiger partial charge on any atom is -0.330 e. The summed E-state index contributed by atoms with van der Waals surface area (Å²) in [6, 6.07) is 10.2. The molecule has 1 aromatic rings. The molecule has 0 heterocycles. The number of sulfonamides is 1. The van der Waals surface area contributed by atoms with Crippen molar-refractivity contribution in [1.82, 2.24) is 9.62 Å². The Bertz CT molecular complexity index is 477. The smallest absolute Gasteiger partial charge is 0.211 e. The van der Waals surface area contributed by atoms with E-state index in [4.69, 9.17) is 5.73 Å². The van der Waals surface area contributed by atoms with Crippen LogP contribution in [0.25, 0.3) is 0 Å². The van der Waals surface area contributed by atoms with Gasteiger partial charge < -0.3 is 10.6 Å². The van der Waals surface area contributed by atoms with Gasteiger partial charge in [0.2, 0.25) is 10.0 Å². The van der Waals surface area contributed by atoms with Gasteiger partial charge in [0.25, 0.3) is 0 Å². The SMILES string of the molecule is CN(CCCNS(=O)(=O)CCCCN)Cc1ccccc1. The van der Waals surface area contributed by atoms with Crippen LogP contribution in [-0.4, -0.2) is 45.8 Å². The van der Waals surface area contributed by atoms with E-state index in [1.807, 2.05) is 25.2 Å². The van der Waals surface area contributed by atoms with Crippen molar-refractivity contribution in [1.29, 1.82) is 0 Å². The first kappa shape index (κ1) is 18.1. The minimum atomic E-state index is -3.13. The molecule has 0 atom stereocenters. The van der Waals surface area contributed by atoms with Crippen LogP contribution in [0.3, 0.4) is 0 Å². The molecule has 0 unspecified atom stereocenters. The Morgan fingerprint density at radius 2 is 1.86 bits per heavy atom. The van der Waals surface area contributed by atoms with Gasteiger partial charge >= 0.3 is 0 Å². The first-order valence-corrected chi connectivity index (χ1v) is 9.08. The van der Waals surface area contributed by atoms with E-state index >= 15 is 0 Å². The summed E-state index contributed by atoms with van der Waals surface area (Å²) in [5.41, 5.74) is 6.62. The van der Waals surface area contributed by atoms with E-state index in [0.717, 1.165) is 25.9 Å². The molecule has 0 radical (unpaired) electrons. The van der Waals surface area contributed by atoms with Gasteiger partial charge in [0.05, 0.1) is 5.75 Å². The van der Waals surface area contributed by atoms with E-state index in [-0.39, 0.29) is 5.75 Å². The Kier molecular flexibility index (Phi) is 8.52. The highest BCUT2D eigenvalue weighted by Crippen LogP contribution is 2.02. The zero-order chi connectivity index (χ0) is 15.6. The lowest BCUT2D eigenvalue weighted by Gasteiger charge is -2.16. The van der Waals surface area contributed by atoms with Crippen LogP contribution in [-0.2, 0) is 16.6 Å². The maximum absolute atomic E-state index is 11.7. The van der Waals surface area contributed by atoms with E-state index in [9.17, 15) is 8.42 Å². The number of hydrogen-bond acceptors (Lipinski definition) is 4. The molecule has 6 heteroatoms. The third-order valence-electron chi connectivity index (χ3n) is 3.20. The second-order valence-corrected chi connectivity index (χ2v) is 7.21. The van der Waals surface area contributed by atoms with Gasteiger partial charge in [-0.15, -0.1) is 0 Å². The highest BCUT2D eigenvalue weighted by Gasteiger charge is 2.08. The first-order valence-electron chi connectivity index (χ1n) is 7.43. The maximum atomic E-state index is 11.7. The number of unbranched alkanes of at least 4 members (excludes halogenated alkanes) is 1. The summed E-state index contributed by atoms with van der Waals surface area (Å²) in [4.78, 5) is 2.19. The monoisotopic (exact) mass is 313 g/mol. The molecule has 0 aliphatic carbocycles. The van der Waals surface area contributed by atoms with Crippen LogP contribution in [0, 0.1) is 0 Å². The third-order valence-corrected chi connectivity index (χ3v) is 4.67. The van der Waals surface area contributed by atoms with Crippen molar-refractivity contribution >= 4 is 10.0 Å². The molecule has 0 saturated heterocycles. The second kappa shape index (κ2) is 9.89. The van der Waals surface area contributed by atoms with Gasteiger partial charge in [-0.2, -0.15) is 0 Å². The average Bonchev–Trinajstić information content (AvgIpc) is 2.45. The number of nitrogens with two attached hydrogens (primary N) is 1. The molecule has 1 rings (SSSR count). The Labute approximate surface area is 128 Å². The summed E-state index contributed by atoms with van der Waals surface area (Å²) < 4.78 is 26.0. The summed E-state index contributed by atoms with van der Waals surface area (Å²) in [6.07, 6.45) is 2.18. The zero-order valence-corrected chi connectivity index (χ0v) is 13.6. The summed E-state index contributed by atoms with van der Waals surface area (Å²) in [5.74, 6) is 0.171. The Balaban J connectivity index is 2.15. The molecular weight excluding hydrogens is 286 g/mol. The largest absolute Gasteiger partial charge is 0.330 e. The van der Waals surface area contributed by atoms with Gasteiger partial charge in [-0.05, 0) is 45.0 Å². The fourth-order valence-corrected chi connectivity index (χ4v) is 3.24. The molecule has 21 heavy (non-hydrogen) atoms. The zero-order valence-electron chi connectivity index (χ0n) is 12.8. The van der Waals surface area contributed by atoms with Crippen LogP contribution in [0.1, 0.15) is 24.8 Å². The van der Waals surface area contributed by atoms with Crippen molar-refractivity contribution in [3.63, 3.8) is 0 Å². The van der Waals surface area contributed by atoms with Crippen molar-refractivity contribution in [2.24, 2.45) is 5.73 Å². The number of nitrogens with zero attached hydrogens (tertiary/aromatic N) is 1. The van der Waals surface area contributed by atoms with E-state index in [1.165, 1.54) is 5.56 Å². The lowest BCUT2D eigenvalue weighted by Crippen LogP contribution is -2.30. The summed E-state index contributed by atoms with van der Waals surface area (Å²) in [6.45, 7) is 2.77. The molecule has 3 N–H and O–H groups in total. The Hall–Kier alpha value is -0.950. The van der Waals surface area contributed by atoms with Crippen LogP contribution < -0.4 is 10.5 Å². The molecule has 0 spiro atoms. The predicted molar refractivity (Wildman–Crippen MR) is 87.5 cm³/mol. The van der Waals surface area contributed by atoms with E-state index in [0.29, 0.717) is 19.5 Å². The lowest BCUT2D eigenvalue weighted by atomic mass is 10.2. The van der Waals surface area contributed by atoms with Crippen LogP contribution in [0.2, 0.25) is 0 Å². The van der Waals surface area contributed by atoms with Crippen LogP contribution in [0.5, 0.6) is 0 Å². The van der Waals surface area contributed by atoms with Crippen LogP contribution >= 0.6 is 0 Å². The molecule has 0 bridgehead atoms. The second-order valence-electron chi connectivity index (χ2n) is 5.29. The molecule has 0 saturated carbocycles. The van der Waals surface area contributed by atoms with Gasteiger partial charge in [0.15, 0.2) is 0 Å². The minimum absolute atomic E-state index is 0.171. The highest BCUT2D eigenvalue weighted by molar-refractivity contribution is 7.89. The van der Waals surface area contributed by atoms with Gasteiger partial charge in [-0.25, -0.2) is 13.1 Å². The van der Waals surface area contributed by atoms with Crippen molar-refractivity contribution in [2.45, 2.75) is 25.8 Å². The number of hydrogen-bond donors (Lipinski definition) is 2. The Morgan fingerprint density at radius 1 is 1.14 bits per heavy atom. The molecule has 0 amide bonds. The first-order chi connectivity index (χ1) is 10.0.